The van der Waals surface area contributed by atoms with Crippen LogP contribution < -0.4 is 4.90 Å². The number of anilines is 1. The maximum absolute atomic E-state index is 14.0. The molecule has 0 saturated carbocycles. The van der Waals surface area contributed by atoms with Gasteiger partial charge in [0.2, 0.25) is 5.78 Å². The molecule has 1 aromatic carbocycles. The van der Waals surface area contributed by atoms with Gasteiger partial charge in [0, 0.05) is 18.7 Å². The van der Waals surface area contributed by atoms with Gasteiger partial charge in [-0.1, -0.05) is 18.2 Å². The Morgan fingerprint density at radius 3 is 2.50 bits per heavy atom. The number of para-hydroxylation sites is 1. The molecule has 1 aromatic heterocycles. The lowest BCUT2D eigenvalue weighted by molar-refractivity contribution is -0.139. The van der Waals surface area contributed by atoms with Crippen LogP contribution in [0.4, 0.5) is 5.69 Å². The van der Waals surface area contributed by atoms with Gasteiger partial charge in [-0.3, -0.25) is 14.4 Å². The van der Waals surface area contributed by atoms with Crippen LogP contribution in [0.25, 0.3) is 0 Å². The highest BCUT2D eigenvalue weighted by Crippen LogP contribution is 2.53. The van der Waals surface area contributed by atoms with E-state index in [2.05, 4.69) is 0 Å². The molecule has 1 atom stereocenters. The fraction of sp³-hybridized carbons (Fsp3) is 0.375. The van der Waals surface area contributed by atoms with Gasteiger partial charge in [0.1, 0.15) is 5.76 Å². The van der Waals surface area contributed by atoms with E-state index >= 15 is 0 Å². The number of furan rings is 1. The second-order valence-corrected chi connectivity index (χ2v) is 8.35. The fourth-order valence-corrected chi connectivity index (χ4v) is 4.71. The Balaban J connectivity index is 1.93. The number of hydrogen-bond donors (Lipinski definition) is 1. The van der Waals surface area contributed by atoms with E-state index in [1.807, 2.05) is 32.0 Å². The van der Waals surface area contributed by atoms with Crippen LogP contribution >= 0.6 is 0 Å². The smallest absolute Gasteiger partial charge is 0.290 e. The monoisotopic (exact) mass is 437 g/mol. The second-order valence-electron chi connectivity index (χ2n) is 8.35. The second kappa shape index (κ2) is 7.94. The molecule has 4 rings (SSSR count). The van der Waals surface area contributed by atoms with E-state index in [4.69, 9.17) is 4.42 Å². The number of likely N-dealkylation sites (N-methyl/N-ethyl adjacent to an activating group) is 1. The summed E-state index contributed by atoms with van der Waals surface area (Å²) in [6, 6.07) is 10.2. The average molecular weight is 437 g/mol. The highest BCUT2D eigenvalue weighted by molar-refractivity contribution is 6.25. The van der Waals surface area contributed by atoms with Crippen LogP contribution in [0.5, 0.6) is 0 Å². The van der Waals surface area contributed by atoms with Crippen LogP contribution in [-0.4, -0.2) is 66.2 Å². The zero-order valence-corrected chi connectivity index (χ0v) is 18.7. The molecule has 2 aromatic rings. The van der Waals surface area contributed by atoms with Crippen molar-refractivity contribution in [2.24, 2.45) is 0 Å². The van der Waals surface area contributed by atoms with Gasteiger partial charge in [-0.05, 0) is 59.1 Å². The van der Waals surface area contributed by atoms with Gasteiger partial charge >= 0.3 is 0 Å². The number of carbonyl (C=O) groups is 3. The third-order valence-electron chi connectivity index (χ3n) is 6.08. The molecule has 8 heteroatoms. The molecule has 1 spiro atoms. The molecule has 8 nitrogen and oxygen atoms in total. The summed E-state index contributed by atoms with van der Waals surface area (Å²) in [7, 11) is 3.83. The van der Waals surface area contributed by atoms with Crippen molar-refractivity contribution in [2.75, 3.05) is 38.6 Å². The van der Waals surface area contributed by atoms with Crippen molar-refractivity contribution in [3.05, 3.63) is 64.8 Å². The Hall–Kier alpha value is -3.39. The summed E-state index contributed by atoms with van der Waals surface area (Å²) in [5.41, 5.74) is -0.824. The van der Waals surface area contributed by atoms with Crippen molar-refractivity contribution in [3.63, 3.8) is 0 Å². The Labute approximate surface area is 186 Å². The van der Waals surface area contributed by atoms with E-state index in [1.54, 1.807) is 36.1 Å². The van der Waals surface area contributed by atoms with Crippen LogP contribution in [0.3, 0.4) is 0 Å². The largest absolute Gasteiger partial charge is 0.503 e. The van der Waals surface area contributed by atoms with Crippen LogP contribution in [0.2, 0.25) is 0 Å². The molecular weight excluding hydrogens is 410 g/mol. The third-order valence-corrected chi connectivity index (χ3v) is 6.08. The number of ketones is 1. The molecule has 3 heterocycles. The topological polar surface area (TPSA) is 94.3 Å². The van der Waals surface area contributed by atoms with E-state index < -0.39 is 28.9 Å². The van der Waals surface area contributed by atoms with Crippen LogP contribution in [0.1, 0.15) is 35.2 Å². The van der Waals surface area contributed by atoms with Crippen molar-refractivity contribution in [1.82, 2.24) is 9.80 Å². The quantitative estimate of drug-likeness (QED) is 0.670. The molecule has 2 amide bonds. The van der Waals surface area contributed by atoms with Gasteiger partial charge in [0.25, 0.3) is 11.8 Å². The molecule has 168 valence electrons. The Bertz CT molecular complexity index is 1130. The van der Waals surface area contributed by atoms with Crippen molar-refractivity contribution >= 4 is 23.3 Å². The molecule has 0 fully saturated rings. The molecule has 32 heavy (non-hydrogen) atoms. The van der Waals surface area contributed by atoms with Gasteiger partial charge in [0.05, 0.1) is 11.3 Å². The average Bonchev–Trinajstić information content (AvgIpc) is 3.37. The molecule has 2 aliphatic heterocycles. The molecule has 0 radical (unpaired) electrons. The first-order chi connectivity index (χ1) is 15.2. The molecule has 0 aliphatic carbocycles. The number of amides is 2. The van der Waals surface area contributed by atoms with Crippen molar-refractivity contribution in [3.8, 4) is 0 Å². The Morgan fingerprint density at radius 1 is 1.16 bits per heavy atom. The number of aliphatic hydroxyl groups is 1. The molecular formula is C24H27N3O5. The van der Waals surface area contributed by atoms with E-state index in [1.165, 1.54) is 11.0 Å². The van der Waals surface area contributed by atoms with E-state index in [0.29, 0.717) is 36.5 Å². The van der Waals surface area contributed by atoms with Gasteiger partial charge < -0.3 is 24.2 Å². The first kappa shape index (κ1) is 21.8. The highest BCUT2D eigenvalue weighted by Gasteiger charge is 2.65. The predicted octanol–water partition coefficient (Wildman–Crippen LogP) is 2.64. The lowest BCUT2D eigenvalue weighted by Gasteiger charge is -2.35. The molecule has 0 unspecified atom stereocenters. The van der Waals surface area contributed by atoms with E-state index in [0.717, 1.165) is 0 Å². The third kappa shape index (κ3) is 2.97. The number of aliphatic hydroxyl groups excluding tert-OH is 1. The minimum atomic E-state index is -1.72. The van der Waals surface area contributed by atoms with Gasteiger partial charge in [0.15, 0.2) is 17.1 Å². The highest BCUT2D eigenvalue weighted by atomic mass is 16.3. The number of rotatable bonds is 7. The summed E-state index contributed by atoms with van der Waals surface area (Å²) in [6.07, 6.45) is 0.566. The number of nitrogens with zero attached hydrogens (tertiary/aromatic N) is 3. The lowest BCUT2D eigenvalue weighted by Crippen LogP contribution is -2.54. The maximum Gasteiger partial charge on any atom is 0.290 e. The molecule has 0 bridgehead atoms. The number of benzene rings is 1. The zero-order valence-electron chi connectivity index (χ0n) is 18.7. The summed E-state index contributed by atoms with van der Waals surface area (Å²) >= 11 is 0. The summed E-state index contributed by atoms with van der Waals surface area (Å²) in [5, 5.41) is 10.9. The molecule has 1 N–H and O–H groups in total. The number of Topliss-reactive ketones (excluding diaryl/α,β-unsaturated/α-hetero) is 1. The van der Waals surface area contributed by atoms with E-state index in [9.17, 15) is 19.5 Å². The van der Waals surface area contributed by atoms with Crippen LogP contribution in [-0.2, 0) is 15.1 Å². The first-order valence-electron chi connectivity index (χ1n) is 10.7. The fourth-order valence-electron chi connectivity index (χ4n) is 4.71. The summed E-state index contributed by atoms with van der Waals surface area (Å²) in [4.78, 5) is 45.7. The van der Waals surface area contributed by atoms with Crippen molar-refractivity contribution in [2.45, 2.75) is 25.8 Å². The normalized spacial score (nSPS) is 20.3. The Morgan fingerprint density at radius 2 is 1.88 bits per heavy atom. The summed E-state index contributed by atoms with van der Waals surface area (Å²) < 4.78 is 5.51. The van der Waals surface area contributed by atoms with Gasteiger partial charge in [-0.25, -0.2) is 0 Å². The zero-order chi connectivity index (χ0) is 23.2. The van der Waals surface area contributed by atoms with Crippen LogP contribution in [0, 0.1) is 6.92 Å². The van der Waals surface area contributed by atoms with Crippen LogP contribution in [0.15, 0.2) is 52.1 Å². The standard InChI is InChI=1S/C24H27N3O5/c1-5-26-17-10-7-6-9-16(17)24(23(26)31)19(20(28)18-12-11-15(2)32-18)21(29)22(30)27(24)14-8-13-25(3)4/h6-7,9-12,29H,5,8,13-14H2,1-4H3/t24-/m0/s1. The number of fused-ring (bicyclic) bond motifs is 2. The minimum absolute atomic E-state index is 0.0217. The Kier molecular flexibility index (Phi) is 5.42. The predicted molar refractivity (Wildman–Crippen MR) is 118 cm³/mol. The van der Waals surface area contributed by atoms with E-state index in [-0.39, 0.29) is 17.9 Å². The number of hydrogen-bond acceptors (Lipinski definition) is 6. The molecule has 2 aliphatic rings. The lowest BCUT2D eigenvalue weighted by atomic mass is 9.81. The summed E-state index contributed by atoms with van der Waals surface area (Å²) in [5.74, 6) is -2.02. The number of carbonyl (C=O) groups excluding carboxylic acids is 3. The van der Waals surface area contributed by atoms with Crippen molar-refractivity contribution in [1.29, 1.82) is 0 Å². The van der Waals surface area contributed by atoms with Gasteiger partial charge in [-0.2, -0.15) is 0 Å². The molecule has 0 saturated heterocycles. The van der Waals surface area contributed by atoms with Crippen molar-refractivity contribution < 1.29 is 23.9 Å². The summed E-state index contributed by atoms with van der Waals surface area (Å²) in [6.45, 7) is 4.77. The first-order valence-corrected chi connectivity index (χ1v) is 10.7. The number of aryl methyl sites for hydroxylation is 1. The SMILES string of the molecule is CCN1C(=O)[C@@]2(C(C(=O)c3ccc(C)o3)=C(O)C(=O)N2CCCN(C)C)c2ccccc21. The maximum atomic E-state index is 14.0. The minimum Gasteiger partial charge on any atom is -0.503 e. The van der Waals surface area contributed by atoms with Gasteiger partial charge in [-0.15, -0.1) is 0 Å².